The van der Waals surface area contributed by atoms with E-state index in [1.54, 1.807) is 12.3 Å². The second-order valence-corrected chi connectivity index (χ2v) is 8.11. The molecule has 0 fully saturated rings. The van der Waals surface area contributed by atoms with Crippen molar-refractivity contribution in [2.75, 3.05) is 0 Å². The van der Waals surface area contributed by atoms with Crippen molar-refractivity contribution in [1.82, 2.24) is 9.98 Å². The van der Waals surface area contributed by atoms with Gasteiger partial charge in [0.1, 0.15) is 11.4 Å². The van der Waals surface area contributed by atoms with Crippen LogP contribution < -0.4 is 9.98 Å². The van der Waals surface area contributed by atoms with Gasteiger partial charge in [-0.3, -0.25) is 4.79 Å². The minimum atomic E-state index is -0.497. The maximum Gasteiger partial charge on any atom is 0.393 e. The number of nitriles is 1. The molecule has 2 N–H and O–H groups in total. The number of oxime groups is 1. The van der Waals surface area contributed by atoms with Crippen LogP contribution in [0.5, 0.6) is 0 Å². The minimum Gasteiger partial charge on any atom is -0.410 e. The third-order valence-electron chi connectivity index (χ3n) is 5.99. The van der Waals surface area contributed by atoms with Crippen molar-refractivity contribution >= 4 is 23.4 Å². The highest BCUT2D eigenvalue weighted by Crippen LogP contribution is 2.38. The first kappa shape index (κ1) is 22.0. The van der Waals surface area contributed by atoms with E-state index in [9.17, 15) is 15.3 Å². The number of nitrogens with zero attached hydrogens (tertiary/aromatic N) is 3. The van der Waals surface area contributed by atoms with Crippen LogP contribution in [0.3, 0.4) is 0 Å². The Hall–Kier alpha value is -4.20. The highest BCUT2D eigenvalue weighted by molar-refractivity contribution is 6.48. The maximum atomic E-state index is 13.1. The van der Waals surface area contributed by atoms with E-state index in [1.165, 1.54) is 0 Å². The minimum absolute atomic E-state index is 0.0550. The van der Waals surface area contributed by atoms with Crippen LogP contribution in [0.15, 0.2) is 94.0 Å². The first-order valence-corrected chi connectivity index (χ1v) is 11.0. The summed E-state index contributed by atoms with van der Waals surface area (Å²) in [5.41, 5.74) is 5.69. The fraction of sp³-hybridized carbons (Fsp3) is 0.222. The van der Waals surface area contributed by atoms with Gasteiger partial charge in [-0.15, -0.1) is 0 Å². The maximum absolute atomic E-state index is 13.1. The number of nitrogens with one attached hydrogen (secondary N) is 1. The van der Waals surface area contributed by atoms with Crippen LogP contribution in [0.1, 0.15) is 31.7 Å². The summed E-state index contributed by atoms with van der Waals surface area (Å²) in [6, 6.07) is 12.2. The molecule has 0 bridgehead atoms. The molecule has 1 atom stereocenters. The molecule has 1 aromatic carbocycles. The number of Topliss-reactive ketones (excluding diaryl/α,β-unsaturated/α-hetero) is 1. The fourth-order valence-corrected chi connectivity index (χ4v) is 4.40. The first-order chi connectivity index (χ1) is 16.1. The normalized spacial score (nSPS) is 20.4. The van der Waals surface area contributed by atoms with Gasteiger partial charge in [0.05, 0.1) is 23.1 Å². The van der Waals surface area contributed by atoms with Crippen molar-refractivity contribution in [3.63, 3.8) is 0 Å². The van der Waals surface area contributed by atoms with E-state index < -0.39 is 5.92 Å². The average molecular weight is 438 g/mol. The molecule has 2 aliphatic heterocycles. The van der Waals surface area contributed by atoms with Crippen LogP contribution in [0.2, 0.25) is 0 Å². The Morgan fingerprint density at radius 2 is 2.09 bits per heavy atom. The van der Waals surface area contributed by atoms with Crippen molar-refractivity contribution < 1.29 is 10.0 Å². The zero-order valence-corrected chi connectivity index (χ0v) is 18.5. The number of ketones is 1. The molecule has 4 rings (SSSR count). The summed E-state index contributed by atoms with van der Waals surface area (Å²) < 4.78 is 4.47. The van der Waals surface area contributed by atoms with E-state index >= 15 is 0 Å². The summed E-state index contributed by atoms with van der Waals surface area (Å²) in [6.07, 6.45) is 9.50. The Balaban J connectivity index is 1.71. The molecule has 3 aliphatic rings. The molecular formula is C27H25N4O2+. The molecule has 1 aliphatic carbocycles. The van der Waals surface area contributed by atoms with Gasteiger partial charge >= 0.3 is 5.71 Å². The Morgan fingerprint density at radius 3 is 2.79 bits per heavy atom. The van der Waals surface area contributed by atoms with Crippen molar-refractivity contribution in [2.24, 2.45) is 11.1 Å². The first-order valence-electron chi connectivity index (χ1n) is 11.0. The van der Waals surface area contributed by atoms with Crippen LogP contribution in [0, 0.1) is 17.2 Å². The average Bonchev–Trinajstić information content (AvgIpc) is 3.26. The van der Waals surface area contributed by atoms with Gasteiger partial charge in [0.2, 0.25) is 5.78 Å². The SMILES string of the molecule is C=C1C=CC=C(C2C(C#N)=C(CCC)NC3=C2C=[N+]=C3C(=O)CCc2ccccc2)/C1=N/O. The number of hydrogen-bond donors (Lipinski definition) is 2. The highest BCUT2D eigenvalue weighted by atomic mass is 16.4. The van der Waals surface area contributed by atoms with E-state index in [0.29, 0.717) is 53.1 Å². The van der Waals surface area contributed by atoms with E-state index in [2.05, 4.69) is 27.8 Å². The number of aryl methyl sites for hydroxylation is 1. The number of rotatable bonds is 7. The number of allylic oxidation sites excluding steroid dienone is 9. The smallest absolute Gasteiger partial charge is 0.393 e. The molecule has 0 amide bonds. The van der Waals surface area contributed by atoms with Gasteiger partial charge in [-0.05, 0) is 29.6 Å². The van der Waals surface area contributed by atoms with Crippen molar-refractivity contribution in [2.45, 2.75) is 32.6 Å². The lowest BCUT2D eigenvalue weighted by atomic mass is 9.76. The number of carbonyl (C=O) groups is 1. The molecule has 2 heterocycles. The molecule has 0 saturated carbocycles. The molecule has 164 valence electrons. The lowest BCUT2D eigenvalue weighted by molar-refractivity contribution is -0.112. The predicted octanol–water partition coefficient (Wildman–Crippen LogP) is 3.71. The van der Waals surface area contributed by atoms with E-state index in [0.717, 1.165) is 23.3 Å². The van der Waals surface area contributed by atoms with Crippen molar-refractivity contribution in [1.29, 1.82) is 5.26 Å². The molecule has 6 heteroatoms. The molecule has 0 aromatic heterocycles. The molecule has 1 unspecified atom stereocenters. The van der Waals surface area contributed by atoms with Gasteiger partial charge in [0, 0.05) is 12.1 Å². The molecule has 0 saturated heterocycles. The molecule has 1 aromatic rings. The molecule has 0 spiro atoms. The number of hydrogen-bond acceptors (Lipinski definition) is 5. The zero-order valence-electron chi connectivity index (χ0n) is 18.5. The summed E-state index contributed by atoms with van der Waals surface area (Å²) in [5.74, 6) is -0.552. The monoisotopic (exact) mass is 437 g/mol. The topological polar surface area (TPSA) is 99.6 Å². The summed E-state index contributed by atoms with van der Waals surface area (Å²) >= 11 is 0. The Morgan fingerprint density at radius 1 is 1.30 bits per heavy atom. The van der Waals surface area contributed by atoms with Gasteiger partial charge in [-0.25, -0.2) is 0 Å². The van der Waals surface area contributed by atoms with Gasteiger partial charge in [-0.2, -0.15) is 5.26 Å². The van der Waals surface area contributed by atoms with Crippen molar-refractivity contribution in [3.8, 4) is 6.07 Å². The summed E-state index contributed by atoms with van der Waals surface area (Å²) in [4.78, 5) is 13.1. The quantitative estimate of drug-likeness (QED) is 0.386. The Labute approximate surface area is 193 Å². The van der Waals surface area contributed by atoms with Gasteiger partial charge in [0.25, 0.3) is 6.21 Å². The van der Waals surface area contributed by atoms with Crippen LogP contribution in [0.4, 0.5) is 0 Å². The molecule has 33 heavy (non-hydrogen) atoms. The molecule has 0 radical (unpaired) electrons. The van der Waals surface area contributed by atoms with E-state index in [1.807, 2.05) is 49.4 Å². The molecular weight excluding hydrogens is 412 g/mol. The third-order valence-corrected chi connectivity index (χ3v) is 5.99. The van der Waals surface area contributed by atoms with Crippen LogP contribution in [-0.2, 0) is 11.2 Å². The predicted molar refractivity (Wildman–Crippen MR) is 130 cm³/mol. The van der Waals surface area contributed by atoms with E-state index in [-0.39, 0.29) is 5.78 Å². The van der Waals surface area contributed by atoms with Crippen LogP contribution in [0.25, 0.3) is 0 Å². The summed E-state index contributed by atoms with van der Waals surface area (Å²) in [5, 5.41) is 26.5. The van der Waals surface area contributed by atoms with E-state index in [4.69, 9.17) is 0 Å². The zero-order chi connectivity index (χ0) is 23.4. The second-order valence-electron chi connectivity index (χ2n) is 8.11. The largest absolute Gasteiger partial charge is 0.410 e. The molecule has 6 nitrogen and oxygen atoms in total. The Kier molecular flexibility index (Phi) is 6.35. The van der Waals surface area contributed by atoms with Crippen molar-refractivity contribution in [3.05, 3.63) is 94.4 Å². The van der Waals surface area contributed by atoms with Crippen LogP contribution >= 0.6 is 0 Å². The lowest BCUT2D eigenvalue weighted by Crippen LogP contribution is -2.35. The number of carbonyl (C=O) groups excluding carboxylic acids is 1. The van der Waals surface area contributed by atoms with Gasteiger partial charge in [-0.1, -0.05) is 78.3 Å². The number of dihydropyridines is 1. The Bertz CT molecular complexity index is 1280. The second kappa shape index (κ2) is 9.52. The standard InChI is InChI=1S/C27H24N4O2/c1-3-8-22-20(15-28)24(19-12-7-9-17(2)25(19)31-33)21-16-29-27(26(21)30-22)23(32)14-13-18-10-5-4-6-11-18/h4-7,9-12,16,24,33H,2-3,8,13-14H2,1H3/p+1/b31-25+. The van der Waals surface area contributed by atoms with Gasteiger partial charge in [0.15, 0.2) is 0 Å². The van der Waals surface area contributed by atoms with Gasteiger partial charge < -0.3 is 10.5 Å². The fourth-order valence-electron chi connectivity index (χ4n) is 4.40. The third kappa shape index (κ3) is 4.15. The lowest BCUT2D eigenvalue weighted by Gasteiger charge is -2.28. The highest BCUT2D eigenvalue weighted by Gasteiger charge is 2.44. The summed E-state index contributed by atoms with van der Waals surface area (Å²) in [6.45, 7) is 5.99. The van der Waals surface area contributed by atoms with Crippen LogP contribution in [-0.4, -0.2) is 28.6 Å². The summed E-state index contributed by atoms with van der Waals surface area (Å²) in [7, 11) is 0. The number of benzene rings is 1.